The third-order valence-corrected chi connectivity index (χ3v) is 8.82. The average Bonchev–Trinajstić information content (AvgIpc) is 3.56. The Labute approximate surface area is 221 Å². The Morgan fingerprint density at radius 2 is 1.92 bits per heavy atom. The molecule has 0 unspecified atom stereocenters. The summed E-state index contributed by atoms with van der Waals surface area (Å²) in [5.41, 5.74) is 6.20. The molecule has 38 heavy (non-hydrogen) atoms. The van der Waals surface area contributed by atoms with Crippen molar-refractivity contribution in [2.24, 2.45) is 5.41 Å². The van der Waals surface area contributed by atoms with Gasteiger partial charge in [0.05, 0.1) is 24.1 Å². The maximum atomic E-state index is 15.2. The van der Waals surface area contributed by atoms with Crippen molar-refractivity contribution in [3.05, 3.63) is 58.4 Å². The standard InChI is InChI=1S/C30H34F2N4O2/c1-18(20-6-3-7-21(12-20)30(31,32)26-10-5-11-38-26)33-28-24-13-25(36-14-29(15-36)16-37-17-29)22-8-4-9-23(22)27(24)34-19(2)35-28/h3,6-7,12-13,18,26H,4-5,8-11,14-17H2,1-2H3,(H,33,34,35)/t18-,26+/m1/s1. The van der Waals surface area contributed by atoms with Gasteiger partial charge in [-0.25, -0.2) is 9.97 Å². The molecule has 1 aliphatic carbocycles. The molecular formula is C30H34F2N4O2. The molecule has 0 saturated carbocycles. The molecule has 0 amide bonds. The first-order valence-corrected chi connectivity index (χ1v) is 13.9. The van der Waals surface area contributed by atoms with Gasteiger partial charge in [0.25, 0.3) is 5.92 Å². The van der Waals surface area contributed by atoms with Gasteiger partial charge in [0.15, 0.2) is 0 Å². The maximum absolute atomic E-state index is 15.2. The number of aryl methyl sites for hydroxylation is 2. The monoisotopic (exact) mass is 520 g/mol. The van der Waals surface area contributed by atoms with Crippen LogP contribution in [0.1, 0.15) is 60.3 Å². The van der Waals surface area contributed by atoms with Crippen LogP contribution < -0.4 is 10.2 Å². The van der Waals surface area contributed by atoms with Crippen molar-refractivity contribution in [2.75, 3.05) is 43.1 Å². The van der Waals surface area contributed by atoms with E-state index in [1.165, 1.54) is 22.9 Å². The first-order valence-electron chi connectivity index (χ1n) is 13.9. The lowest BCUT2D eigenvalue weighted by molar-refractivity contribution is -0.127. The van der Waals surface area contributed by atoms with Crippen molar-refractivity contribution < 1.29 is 18.3 Å². The summed E-state index contributed by atoms with van der Waals surface area (Å²) in [7, 11) is 0. The summed E-state index contributed by atoms with van der Waals surface area (Å²) in [6.45, 7) is 8.09. The lowest BCUT2D eigenvalue weighted by Crippen LogP contribution is -2.66. The van der Waals surface area contributed by atoms with Crippen LogP contribution in [0.5, 0.6) is 0 Å². The summed E-state index contributed by atoms with van der Waals surface area (Å²) >= 11 is 0. The third kappa shape index (κ3) is 3.87. The molecule has 0 bridgehead atoms. The minimum atomic E-state index is -3.01. The molecule has 3 aliphatic heterocycles. The topological polar surface area (TPSA) is 59.5 Å². The van der Waals surface area contributed by atoms with Gasteiger partial charge < -0.3 is 19.7 Å². The number of halogens is 2. The van der Waals surface area contributed by atoms with Crippen molar-refractivity contribution in [1.29, 1.82) is 0 Å². The van der Waals surface area contributed by atoms with Crippen molar-refractivity contribution in [3.8, 4) is 0 Å². The number of rotatable bonds is 6. The van der Waals surface area contributed by atoms with Gasteiger partial charge in [0, 0.05) is 42.4 Å². The molecule has 7 rings (SSSR count). The lowest BCUT2D eigenvalue weighted by atomic mass is 9.77. The summed E-state index contributed by atoms with van der Waals surface area (Å²) in [6.07, 6.45) is 3.24. The number of hydrogen-bond acceptors (Lipinski definition) is 6. The Morgan fingerprint density at radius 3 is 2.66 bits per heavy atom. The number of nitrogens with zero attached hydrogens (tertiary/aromatic N) is 3. The summed E-state index contributed by atoms with van der Waals surface area (Å²) in [5, 5.41) is 4.56. The van der Waals surface area contributed by atoms with Gasteiger partial charge in [0.2, 0.25) is 0 Å². The number of aromatic nitrogens is 2. The number of nitrogens with one attached hydrogen (secondary N) is 1. The smallest absolute Gasteiger partial charge is 0.298 e. The molecule has 2 aromatic carbocycles. The van der Waals surface area contributed by atoms with Gasteiger partial charge in [-0.15, -0.1) is 0 Å². The van der Waals surface area contributed by atoms with Crippen LogP contribution in [0.15, 0.2) is 30.3 Å². The van der Waals surface area contributed by atoms with E-state index in [0.717, 1.165) is 67.8 Å². The van der Waals surface area contributed by atoms with E-state index in [1.807, 2.05) is 19.9 Å². The van der Waals surface area contributed by atoms with Crippen LogP contribution in [0.25, 0.3) is 10.9 Å². The fourth-order valence-corrected chi connectivity index (χ4v) is 6.71. The maximum Gasteiger partial charge on any atom is 0.298 e. The van der Waals surface area contributed by atoms with Crippen molar-refractivity contribution in [2.45, 2.75) is 64.0 Å². The minimum Gasteiger partial charge on any atom is -0.380 e. The van der Waals surface area contributed by atoms with E-state index in [-0.39, 0.29) is 11.6 Å². The molecule has 4 heterocycles. The fourth-order valence-electron chi connectivity index (χ4n) is 6.71. The van der Waals surface area contributed by atoms with Crippen LogP contribution in [0.2, 0.25) is 0 Å². The van der Waals surface area contributed by atoms with E-state index < -0.39 is 12.0 Å². The zero-order chi connectivity index (χ0) is 26.1. The molecule has 1 aromatic heterocycles. The Morgan fingerprint density at radius 1 is 1.11 bits per heavy atom. The van der Waals surface area contributed by atoms with Gasteiger partial charge >= 0.3 is 0 Å². The molecular weight excluding hydrogens is 486 g/mol. The van der Waals surface area contributed by atoms with Gasteiger partial charge in [-0.1, -0.05) is 18.2 Å². The highest BCUT2D eigenvalue weighted by Crippen LogP contribution is 2.46. The predicted octanol–water partition coefficient (Wildman–Crippen LogP) is 5.71. The lowest BCUT2D eigenvalue weighted by Gasteiger charge is -2.56. The molecule has 8 heteroatoms. The number of hydrogen-bond donors (Lipinski definition) is 1. The molecule has 6 nitrogen and oxygen atoms in total. The fraction of sp³-hybridized carbons (Fsp3) is 0.533. The Balaban J connectivity index is 1.22. The van der Waals surface area contributed by atoms with Crippen LogP contribution in [0.4, 0.5) is 20.3 Å². The number of alkyl halides is 2. The number of fused-ring (bicyclic) bond motifs is 3. The molecule has 1 spiro atoms. The SMILES string of the molecule is Cc1nc(N[C@H](C)c2cccc(C(F)(F)[C@@H]3CCCO3)c2)c2cc(N3CC4(COC4)C3)c3c(c2n1)CCC3. The first kappa shape index (κ1) is 24.2. The minimum absolute atomic E-state index is 0.00562. The van der Waals surface area contributed by atoms with Gasteiger partial charge in [-0.05, 0) is 74.8 Å². The summed E-state index contributed by atoms with van der Waals surface area (Å²) in [6, 6.07) is 8.76. The van der Waals surface area contributed by atoms with Crippen LogP contribution in [-0.4, -0.2) is 49.0 Å². The normalized spacial score (nSPS) is 22.8. The third-order valence-electron chi connectivity index (χ3n) is 8.82. The summed E-state index contributed by atoms with van der Waals surface area (Å²) < 4.78 is 41.2. The Kier molecular flexibility index (Phi) is 5.64. The largest absolute Gasteiger partial charge is 0.380 e. The highest BCUT2D eigenvalue weighted by Gasteiger charge is 2.50. The highest BCUT2D eigenvalue weighted by molar-refractivity contribution is 5.96. The predicted molar refractivity (Wildman–Crippen MR) is 143 cm³/mol. The van der Waals surface area contributed by atoms with E-state index in [2.05, 4.69) is 16.3 Å². The number of ether oxygens (including phenoxy) is 2. The zero-order valence-corrected chi connectivity index (χ0v) is 22.0. The molecule has 3 aromatic rings. The van der Waals surface area contributed by atoms with E-state index in [0.29, 0.717) is 30.7 Å². The number of benzene rings is 2. The highest BCUT2D eigenvalue weighted by atomic mass is 19.3. The molecule has 4 aliphatic rings. The van der Waals surface area contributed by atoms with Crippen LogP contribution >= 0.6 is 0 Å². The van der Waals surface area contributed by atoms with Gasteiger partial charge in [0.1, 0.15) is 17.7 Å². The van der Waals surface area contributed by atoms with Crippen LogP contribution in [0, 0.1) is 12.3 Å². The molecule has 2 atom stereocenters. The van der Waals surface area contributed by atoms with Crippen LogP contribution in [-0.2, 0) is 28.2 Å². The summed E-state index contributed by atoms with van der Waals surface area (Å²) in [5.74, 6) is -1.54. The molecule has 3 fully saturated rings. The average molecular weight is 521 g/mol. The Bertz CT molecular complexity index is 1390. The second-order valence-electron chi connectivity index (χ2n) is 11.7. The van der Waals surface area contributed by atoms with E-state index >= 15 is 8.78 Å². The van der Waals surface area contributed by atoms with E-state index in [4.69, 9.17) is 19.4 Å². The molecule has 3 saturated heterocycles. The van der Waals surface area contributed by atoms with Crippen molar-refractivity contribution >= 4 is 22.4 Å². The zero-order valence-electron chi connectivity index (χ0n) is 22.0. The molecule has 1 N–H and O–H groups in total. The van der Waals surface area contributed by atoms with Crippen LogP contribution in [0.3, 0.4) is 0 Å². The first-order chi connectivity index (χ1) is 18.3. The van der Waals surface area contributed by atoms with Gasteiger partial charge in [-0.2, -0.15) is 8.78 Å². The molecule has 0 radical (unpaired) electrons. The quantitative estimate of drug-likeness (QED) is 0.450. The second kappa shape index (κ2) is 8.85. The van der Waals surface area contributed by atoms with Crippen molar-refractivity contribution in [1.82, 2.24) is 9.97 Å². The second-order valence-corrected chi connectivity index (χ2v) is 11.7. The van der Waals surface area contributed by atoms with E-state index in [9.17, 15) is 0 Å². The van der Waals surface area contributed by atoms with Crippen molar-refractivity contribution in [3.63, 3.8) is 0 Å². The Hall–Kier alpha value is -2.84. The number of anilines is 2. The summed E-state index contributed by atoms with van der Waals surface area (Å²) in [4.78, 5) is 12.2. The van der Waals surface area contributed by atoms with E-state index in [1.54, 1.807) is 12.1 Å². The molecule has 200 valence electrons. The van der Waals surface area contributed by atoms with Gasteiger partial charge in [-0.3, -0.25) is 0 Å².